The number of hydrogen-bond acceptors (Lipinski definition) is 6. The molecule has 0 bridgehead atoms. The van der Waals surface area contributed by atoms with Gasteiger partial charge in [0.1, 0.15) is 6.61 Å². The minimum Gasteiger partial charge on any atom is -0.456 e. The van der Waals surface area contributed by atoms with Crippen LogP contribution in [0, 0.1) is 0 Å². The number of benzene rings is 3. The van der Waals surface area contributed by atoms with E-state index >= 15 is 0 Å². The highest BCUT2D eigenvalue weighted by atomic mass is 32.1. The van der Waals surface area contributed by atoms with Gasteiger partial charge in [-0.1, -0.05) is 60.7 Å². The van der Waals surface area contributed by atoms with Crippen LogP contribution in [0.25, 0.3) is 37.9 Å². The van der Waals surface area contributed by atoms with Gasteiger partial charge in [-0.25, -0.2) is 14.8 Å². The van der Waals surface area contributed by atoms with Crippen molar-refractivity contribution in [1.82, 2.24) is 14.4 Å². The first kappa shape index (κ1) is 20.3. The number of carbonyl (C=O) groups is 1. The Morgan fingerprint density at radius 2 is 1.71 bits per heavy atom. The Kier molecular flexibility index (Phi) is 4.89. The lowest BCUT2D eigenvalue weighted by Crippen LogP contribution is -2.15. The van der Waals surface area contributed by atoms with Crippen LogP contribution < -0.4 is 5.56 Å². The summed E-state index contributed by atoms with van der Waals surface area (Å²) in [6, 6.07) is 24.8. The van der Waals surface area contributed by atoms with Gasteiger partial charge in [-0.3, -0.25) is 9.20 Å². The molecule has 0 aliphatic heterocycles. The zero-order valence-corrected chi connectivity index (χ0v) is 18.7. The van der Waals surface area contributed by atoms with E-state index in [0.29, 0.717) is 32.8 Å². The van der Waals surface area contributed by atoms with Crippen molar-refractivity contribution in [3.05, 3.63) is 112 Å². The van der Waals surface area contributed by atoms with Crippen molar-refractivity contribution >= 4 is 43.9 Å². The number of ether oxygens (including phenoxy) is 1. The van der Waals surface area contributed by atoms with E-state index < -0.39 is 5.97 Å². The zero-order valence-electron chi connectivity index (χ0n) is 17.8. The fourth-order valence-electron chi connectivity index (χ4n) is 4.11. The molecule has 164 valence electrons. The van der Waals surface area contributed by atoms with Gasteiger partial charge in [0.25, 0.3) is 5.56 Å². The number of fused-ring (bicyclic) bond motifs is 3. The Morgan fingerprint density at radius 1 is 0.912 bits per heavy atom. The zero-order chi connectivity index (χ0) is 23.1. The second-order valence-corrected chi connectivity index (χ2v) is 8.69. The van der Waals surface area contributed by atoms with Crippen LogP contribution in [0.3, 0.4) is 0 Å². The SMILES string of the molecule is O=C(OCc1cc(=O)n2ccsc2n1)c1cc(-c2cccc3ccccc23)nc2ccccc12. The van der Waals surface area contributed by atoms with Gasteiger partial charge in [0.15, 0.2) is 4.96 Å². The van der Waals surface area contributed by atoms with Gasteiger partial charge in [-0.15, -0.1) is 11.3 Å². The highest BCUT2D eigenvalue weighted by molar-refractivity contribution is 7.15. The van der Waals surface area contributed by atoms with Crippen molar-refractivity contribution in [2.75, 3.05) is 0 Å². The van der Waals surface area contributed by atoms with E-state index in [1.807, 2.05) is 54.6 Å². The van der Waals surface area contributed by atoms with E-state index in [0.717, 1.165) is 16.3 Å². The van der Waals surface area contributed by atoms with Crippen molar-refractivity contribution in [2.45, 2.75) is 6.61 Å². The highest BCUT2D eigenvalue weighted by Crippen LogP contribution is 2.30. The molecule has 0 spiro atoms. The summed E-state index contributed by atoms with van der Waals surface area (Å²) in [6.07, 6.45) is 1.67. The van der Waals surface area contributed by atoms with E-state index in [1.54, 1.807) is 17.6 Å². The molecule has 0 fully saturated rings. The lowest BCUT2D eigenvalue weighted by Gasteiger charge is -2.11. The van der Waals surface area contributed by atoms with Gasteiger partial charge in [0.2, 0.25) is 0 Å². The Morgan fingerprint density at radius 3 is 2.62 bits per heavy atom. The minimum atomic E-state index is -0.492. The number of aromatic nitrogens is 3. The fraction of sp³-hybridized carbons (Fsp3) is 0.0370. The maximum Gasteiger partial charge on any atom is 0.339 e. The monoisotopic (exact) mass is 463 g/mol. The normalized spacial score (nSPS) is 11.3. The molecule has 6 rings (SSSR count). The molecule has 6 nitrogen and oxygen atoms in total. The first-order chi connectivity index (χ1) is 16.7. The van der Waals surface area contributed by atoms with Crippen molar-refractivity contribution in [1.29, 1.82) is 0 Å². The number of hydrogen-bond donors (Lipinski definition) is 0. The van der Waals surface area contributed by atoms with E-state index in [-0.39, 0.29) is 12.2 Å². The largest absolute Gasteiger partial charge is 0.456 e. The summed E-state index contributed by atoms with van der Waals surface area (Å²) in [5, 5.41) is 4.65. The fourth-order valence-corrected chi connectivity index (χ4v) is 4.85. The third kappa shape index (κ3) is 3.52. The Balaban J connectivity index is 1.40. The summed E-state index contributed by atoms with van der Waals surface area (Å²) >= 11 is 1.35. The molecule has 0 N–H and O–H groups in total. The molecule has 0 amide bonds. The number of pyridine rings is 1. The molecule has 0 atom stereocenters. The number of para-hydroxylation sites is 1. The van der Waals surface area contributed by atoms with Gasteiger partial charge >= 0.3 is 5.97 Å². The maximum absolute atomic E-state index is 13.2. The Hall–Kier alpha value is -4.36. The number of carbonyl (C=O) groups excluding carboxylic acids is 1. The molecule has 0 aliphatic carbocycles. The number of esters is 1. The summed E-state index contributed by atoms with van der Waals surface area (Å²) < 4.78 is 7.07. The highest BCUT2D eigenvalue weighted by Gasteiger charge is 2.17. The predicted octanol–water partition coefficient (Wildman–Crippen LogP) is 5.48. The van der Waals surface area contributed by atoms with Gasteiger partial charge < -0.3 is 4.74 Å². The summed E-state index contributed by atoms with van der Waals surface area (Å²) in [6.45, 7) is -0.0945. The molecule has 3 aromatic carbocycles. The van der Waals surface area contributed by atoms with E-state index in [2.05, 4.69) is 17.1 Å². The summed E-state index contributed by atoms with van der Waals surface area (Å²) in [4.78, 5) is 35.3. The Labute approximate surface area is 197 Å². The van der Waals surface area contributed by atoms with Gasteiger partial charge in [0, 0.05) is 28.6 Å². The average molecular weight is 464 g/mol. The second kappa shape index (κ2) is 8.20. The van der Waals surface area contributed by atoms with Crippen molar-refractivity contribution in [3.8, 4) is 11.3 Å². The van der Waals surface area contributed by atoms with Gasteiger partial charge in [0.05, 0.1) is 22.5 Å². The van der Waals surface area contributed by atoms with Crippen molar-refractivity contribution in [2.24, 2.45) is 0 Å². The molecule has 6 aromatic rings. The number of thiazole rings is 1. The quantitative estimate of drug-likeness (QED) is 0.324. The maximum atomic E-state index is 13.2. The van der Waals surface area contributed by atoms with E-state index in [9.17, 15) is 9.59 Å². The first-order valence-electron chi connectivity index (χ1n) is 10.7. The van der Waals surface area contributed by atoms with Gasteiger partial charge in [-0.2, -0.15) is 0 Å². The van der Waals surface area contributed by atoms with E-state index in [1.165, 1.54) is 21.8 Å². The van der Waals surface area contributed by atoms with Crippen LogP contribution >= 0.6 is 11.3 Å². The summed E-state index contributed by atoms with van der Waals surface area (Å²) in [7, 11) is 0. The molecule has 0 radical (unpaired) electrons. The third-order valence-electron chi connectivity index (χ3n) is 5.71. The third-order valence-corrected chi connectivity index (χ3v) is 6.47. The Bertz CT molecular complexity index is 1770. The molecule has 0 saturated heterocycles. The standard InChI is InChI=1S/C27H17N3O3S/c31-25-14-18(28-27-30(25)12-13-34-27)16-33-26(32)22-15-24(29-23-11-4-3-9-21(22)23)20-10-5-7-17-6-1-2-8-19(17)20/h1-15H,16H2. The van der Waals surface area contributed by atoms with Gasteiger partial charge in [-0.05, 0) is 22.9 Å². The van der Waals surface area contributed by atoms with Crippen molar-refractivity contribution < 1.29 is 9.53 Å². The van der Waals surface area contributed by atoms with E-state index in [4.69, 9.17) is 9.72 Å². The number of rotatable bonds is 4. The molecule has 0 saturated carbocycles. The molecule has 34 heavy (non-hydrogen) atoms. The smallest absolute Gasteiger partial charge is 0.339 e. The lowest BCUT2D eigenvalue weighted by molar-refractivity contribution is 0.0470. The molecular weight excluding hydrogens is 446 g/mol. The van der Waals surface area contributed by atoms with Crippen LogP contribution in [0.1, 0.15) is 16.1 Å². The van der Waals surface area contributed by atoms with Crippen LogP contribution in [-0.2, 0) is 11.3 Å². The first-order valence-corrected chi connectivity index (χ1v) is 11.6. The predicted molar refractivity (Wildman–Crippen MR) is 133 cm³/mol. The topological polar surface area (TPSA) is 73.6 Å². The molecule has 0 unspecified atom stereocenters. The van der Waals surface area contributed by atoms with Crippen LogP contribution in [0.5, 0.6) is 0 Å². The number of nitrogens with zero attached hydrogens (tertiary/aromatic N) is 3. The summed E-state index contributed by atoms with van der Waals surface area (Å²) in [5.41, 5.74) is 2.96. The van der Waals surface area contributed by atoms with Crippen LogP contribution in [0.2, 0.25) is 0 Å². The average Bonchev–Trinajstić information content (AvgIpc) is 3.36. The minimum absolute atomic E-state index is 0.0945. The van der Waals surface area contributed by atoms with Crippen molar-refractivity contribution in [3.63, 3.8) is 0 Å². The van der Waals surface area contributed by atoms with Crippen LogP contribution in [0.15, 0.2) is 95.2 Å². The molecule has 3 aromatic heterocycles. The summed E-state index contributed by atoms with van der Waals surface area (Å²) in [5.74, 6) is -0.492. The van der Waals surface area contributed by atoms with Crippen LogP contribution in [-0.4, -0.2) is 20.3 Å². The molecule has 0 aliphatic rings. The second-order valence-electron chi connectivity index (χ2n) is 7.82. The molecule has 3 heterocycles. The molecular formula is C27H17N3O3S. The lowest BCUT2D eigenvalue weighted by atomic mass is 9.99. The van der Waals surface area contributed by atoms with Crippen LogP contribution in [0.4, 0.5) is 0 Å². The molecule has 7 heteroatoms.